The van der Waals surface area contributed by atoms with Gasteiger partial charge in [-0.2, -0.15) is 0 Å². The first kappa shape index (κ1) is 12.9. The second-order valence-electron chi connectivity index (χ2n) is 3.84. The van der Waals surface area contributed by atoms with Crippen LogP contribution in [0.3, 0.4) is 0 Å². The average molecular weight is 303 g/mol. The van der Waals surface area contributed by atoms with E-state index < -0.39 is 0 Å². The Morgan fingerprint density at radius 1 is 1.06 bits per heavy atom. The summed E-state index contributed by atoms with van der Waals surface area (Å²) in [7, 11) is 1.66. The number of nitrogens with zero attached hydrogens (tertiary/aromatic N) is 1. The molecule has 3 heteroatoms. The maximum atomic E-state index is 5.13. The molecule has 2 aromatic carbocycles. The summed E-state index contributed by atoms with van der Waals surface area (Å²) in [4.78, 5) is 4.54. The predicted octanol–water partition coefficient (Wildman–Crippen LogP) is 2.81. The van der Waals surface area contributed by atoms with E-state index in [2.05, 4.69) is 33.1 Å². The summed E-state index contributed by atoms with van der Waals surface area (Å²) in [5, 5.41) is 0. The summed E-state index contributed by atoms with van der Waals surface area (Å²) < 4.78 is 6.05. The molecular formula is C15H14NOSe. The predicted molar refractivity (Wildman–Crippen MR) is 75.4 cm³/mol. The fraction of sp³-hybridized carbons (Fsp3) is 0.133. The van der Waals surface area contributed by atoms with Gasteiger partial charge in [0.1, 0.15) is 0 Å². The van der Waals surface area contributed by atoms with Gasteiger partial charge in [-0.25, -0.2) is 0 Å². The normalized spacial score (nSPS) is 11.3. The van der Waals surface area contributed by atoms with Crippen LogP contribution >= 0.6 is 0 Å². The van der Waals surface area contributed by atoms with Gasteiger partial charge in [0.15, 0.2) is 0 Å². The molecule has 0 aromatic heterocycles. The molecule has 0 aliphatic heterocycles. The van der Waals surface area contributed by atoms with Crippen LogP contribution in [-0.4, -0.2) is 27.7 Å². The van der Waals surface area contributed by atoms with Crippen molar-refractivity contribution in [2.75, 3.05) is 7.11 Å². The number of benzene rings is 2. The van der Waals surface area contributed by atoms with Crippen LogP contribution in [0.2, 0.25) is 0 Å². The van der Waals surface area contributed by atoms with Crippen molar-refractivity contribution in [2.24, 2.45) is 4.99 Å². The third kappa shape index (κ3) is 3.46. The molecule has 2 rings (SSSR count). The molecule has 2 nitrogen and oxygen atoms in total. The zero-order chi connectivity index (χ0) is 12.8. The second-order valence-corrected chi connectivity index (χ2v) is 4.65. The van der Waals surface area contributed by atoms with Crippen LogP contribution in [0.4, 0.5) is 0 Å². The monoisotopic (exact) mass is 304 g/mol. The van der Waals surface area contributed by atoms with Crippen LogP contribution in [0, 0.1) is 0 Å². The van der Waals surface area contributed by atoms with Gasteiger partial charge in [-0.05, 0) is 0 Å². The van der Waals surface area contributed by atoms with Gasteiger partial charge in [0.25, 0.3) is 0 Å². The van der Waals surface area contributed by atoms with Crippen molar-refractivity contribution >= 4 is 20.6 Å². The summed E-state index contributed by atoms with van der Waals surface area (Å²) in [6.45, 7) is 0.690. The topological polar surface area (TPSA) is 21.6 Å². The van der Waals surface area contributed by atoms with Crippen molar-refractivity contribution in [3.63, 3.8) is 0 Å². The fourth-order valence-corrected chi connectivity index (χ4v) is 1.99. The number of hydrogen-bond donors (Lipinski definition) is 0. The summed E-state index contributed by atoms with van der Waals surface area (Å²) in [5.41, 5.74) is 2.28. The average Bonchev–Trinajstić information content (AvgIpc) is 2.46. The Morgan fingerprint density at radius 3 is 2.33 bits per heavy atom. The molecule has 0 amide bonds. The Morgan fingerprint density at radius 2 is 1.72 bits per heavy atom. The van der Waals surface area contributed by atoms with Gasteiger partial charge in [-0.1, -0.05) is 0 Å². The zero-order valence-corrected chi connectivity index (χ0v) is 11.9. The van der Waals surface area contributed by atoms with Crippen LogP contribution in [0.5, 0.6) is 5.75 Å². The third-order valence-corrected chi connectivity index (χ3v) is 3.35. The summed E-state index contributed by atoms with van der Waals surface area (Å²) in [6, 6.07) is 18.1. The minimum absolute atomic E-state index is 0.690. The van der Waals surface area contributed by atoms with Gasteiger partial charge in [-0.3, -0.25) is 0 Å². The number of ether oxygens (including phenoxy) is 1. The van der Waals surface area contributed by atoms with Crippen LogP contribution in [0.25, 0.3) is 0 Å². The Hall–Kier alpha value is -1.57. The van der Waals surface area contributed by atoms with Crippen LogP contribution in [-0.2, 0) is 6.54 Å². The summed E-state index contributed by atoms with van der Waals surface area (Å²) in [6.07, 6.45) is 0. The van der Waals surface area contributed by atoms with E-state index in [1.807, 2.05) is 42.5 Å². The molecule has 0 saturated heterocycles. The molecular weight excluding hydrogens is 289 g/mol. The molecule has 0 N–H and O–H groups in total. The molecule has 0 aliphatic rings. The van der Waals surface area contributed by atoms with Gasteiger partial charge in [0, 0.05) is 0 Å². The molecule has 0 unspecified atom stereocenters. The molecule has 2 aromatic rings. The first-order valence-electron chi connectivity index (χ1n) is 5.69. The van der Waals surface area contributed by atoms with Gasteiger partial charge in [0.05, 0.1) is 0 Å². The Bertz CT molecular complexity index is 520. The molecule has 0 fully saturated rings. The second kappa shape index (κ2) is 6.39. The first-order chi connectivity index (χ1) is 8.79. The van der Waals surface area contributed by atoms with Crippen molar-refractivity contribution in [1.29, 1.82) is 0 Å². The standard InChI is InChI=1S/C15H14NOSe/c1-17-14-9-7-13(8-10-14)15(18)16-11-12-5-3-2-4-6-12/h2-10H,11H2,1H3. The molecule has 0 saturated carbocycles. The number of methoxy groups -OCH3 is 1. The Kier molecular flexibility index (Phi) is 4.57. The summed E-state index contributed by atoms with van der Waals surface area (Å²) >= 11 is 3.01. The molecule has 0 aliphatic carbocycles. The maximum absolute atomic E-state index is 5.13. The van der Waals surface area contributed by atoms with Crippen molar-refractivity contribution in [2.45, 2.75) is 6.54 Å². The van der Waals surface area contributed by atoms with Crippen molar-refractivity contribution in [3.05, 3.63) is 65.7 Å². The van der Waals surface area contributed by atoms with Crippen LogP contribution < -0.4 is 4.74 Å². The van der Waals surface area contributed by atoms with E-state index in [-0.39, 0.29) is 0 Å². The molecule has 0 bridgehead atoms. The molecule has 18 heavy (non-hydrogen) atoms. The minimum atomic E-state index is 0.690. The van der Waals surface area contributed by atoms with E-state index >= 15 is 0 Å². The molecule has 0 spiro atoms. The number of hydrogen-bond acceptors (Lipinski definition) is 2. The Balaban J connectivity index is 2.08. The number of rotatable bonds is 4. The number of aliphatic imine (C=N–C) groups is 1. The SMILES string of the molecule is COc1ccc(C([Se])=NCc2ccccc2)cc1. The fourth-order valence-electron chi connectivity index (χ4n) is 1.57. The van der Waals surface area contributed by atoms with Gasteiger partial charge >= 0.3 is 115 Å². The first-order valence-corrected chi connectivity index (χ1v) is 6.55. The molecule has 0 atom stereocenters. The van der Waals surface area contributed by atoms with Crippen molar-refractivity contribution in [3.8, 4) is 5.75 Å². The van der Waals surface area contributed by atoms with Crippen molar-refractivity contribution in [1.82, 2.24) is 0 Å². The third-order valence-electron chi connectivity index (χ3n) is 2.59. The summed E-state index contributed by atoms with van der Waals surface area (Å²) in [5.74, 6) is 0.856. The van der Waals surface area contributed by atoms with Gasteiger partial charge in [0.2, 0.25) is 0 Å². The quantitative estimate of drug-likeness (QED) is 0.629. The Labute approximate surface area is 116 Å². The van der Waals surface area contributed by atoms with Gasteiger partial charge < -0.3 is 0 Å². The van der Waals surface area contributed by atoms with E-state index in [0.717, 1.165) is 15.9 Å². The van der Waals surface area contributed by atoms with E-state index in [1.54, 1.807) is 7.11 Å². The van der Waals surface area contributed by atoms with Gasteiger partial charge in [-0.15, -0.1) is 0 Å². The van der Waals surface area contributed by atoms with Crippen LogP contribution in [0.15, 0.2) is 59.6 Å². The van der Waals surface area contributed by atoms with Crippen molar-refractivity contribution < 1.29 is 4.74 Å². The van der Waals surface area contributed by atoms with E-state index in [1.165, 1.54) is 5.56 Å². The van der Waals surface area contributed by atoms with E-state index in [4.69, 9.17) is 4.74 Å². The van der Waals surface area contributed by atoms with E-state index in [0.29, 0.717) is 6.54 Å². The molecule has 0 heterocycles. The van der Waals surface area contributed by atoms with E-state index in [9.17, 15) is 0 Å². The zero-order valence-electron chi connectivity index (χ0n) is 10.2. The molecule has 1 radical (unpaired) electrons. The molecule has 91 valence electrons. The van der Waals surface area contributed by atoms with Crippen LogP contribution in [0.1, 0.15) is 11.1 Å².